The molecule has 0 aromatic heterocycles. The molecule has 0 heterocycles. The summed E-state index contributed by atoms with van der Waals surface area (Å²) >= 11 is 5.57. The minimum absolute atomic E-state index is 0.414. The van der Waals surface area contributed by atoms with Crippen molar-refractivity contribution in [3.63, 3.8) is 0 Å². The summed E-state index contributed by atoms with van der Waals surface area (Å²) in [6.07, 6.45) is 6.54. The van der Waals surface area contributed by atoms with Gasteiger partial charge < -0.3 is 0 Å². The molecule has 0 amide bonds. The predicted molar refractivity (Wildman–Crippen MR) is 60.2 cm³/mol. The van der Waals surface area contributed by atoms with Gasteiger partial charge in [0.1, 0.15) is 6.67 Å². The van der Waals surface area contributed by atoms with Crippen LogP contribution >= 0.6 is 38.5 Å². The molecule has 0 aromatic rings. The van der Waals surface area contributed by atoms with Gasteiger partial charge in [0.25, 0.3) is 0 Å². The fourth-order valence-corrected chi connectivity index (χ4v) is 0.957. The fourth-order valence-electron chi connectivity index (χ4n) is 0.474. The zero-order valence-electron chi connectivity index (χ0n) is 6.36. The van der Waals surface area contributed by atoms with E-state index in [1.54, 1.807) is 0 Å². The molecule has 0 rings (SSSR count). The van der Waals surface area contributed by atoms with Crippen LogP contribution in [0.5, 0.6) is 0 Å². The lowest BCUT2D eigenvalue weighted by atomic mass is 10.3. The Morgan fingerprint density at radius 2 is 2.36 bits per heavy atom. The van der Waals surface area contributed by atoms with Crippen molar-refractivity contribution in [2.24, 2.45) is 0 Å². The first-order valence-electron chi connectivity index (χ1n) is 3.44. The van der Waals surface area contributed by atoms with Crippen molar-refractivity contribution in [1.82, 2.24) is 0 Å². The highest BCUT2D eigenvalue weighted by molar-refractivity contribution is 14.1. The standard InChI is InChI=1S/C8H11BrFI/c1-2-8(11)4-3-7(9)5-6-10/h3-5,8H,2,6H2,1H3/b4-3-,7-5+. The highest BCUT2D eigenvalue weighted by Gasteiger charge is 1.92. The van der Waals surface area contributed by atoms with Gasteiger partial charge >= 0.3 is 0 Å². The largest absolute Gasteiger partial charge is 0.247 e. The normalized spacial score (nSPS) is 15.8. The molecule has 0 aliphatic heterocycles. The Bertz CT molecular complexity index is 154. The van der Waals surface area contributed by atoms with Gasteiger partial charge in [0.2, 0.25) is 0 Å². The smallest absolute Gasteiger partial charge is 0.109 e. The van der Waals surface area contributed by atoms with Crippen LogP contribution in [0.3, 0.4) is 0 Å². The van der Waals surface area contributed by atoms with E-state index in [0.717, 1.165) is 10.9 Å². The van der Waals surface area contributed by atoms with E-state index < -0.39 is 6.67 Å². The fraction of sp³-hybridized carbons (Fsp3) is 0.500. The second-order valence-electron chi connectivity index (χ2n) is 2.03. The molecular weight excluding hydrogens is 322 g/mol. The van der Waals surface area contributed by atoms with E-state index in [2.05, 4.69) is 51.5 Å². The van der Waals surface area contributed by atoms with Gasteiger partial charge in [-0.15, -0.1) is 0 Å². The highest BCUT2D eigenvalue weighted by Crippen LogP contribution is 2.11. The van der Waals surface area contributed by atoms with E-state index in [1.165, 1.54) is 6.08 Å². The van der Waals surface area contributed by atoms with Gasteiger partial charge in [0.05, 0.1) is 0 Å². The second-order valence-corrected chi connectivity index (χ2v) is 4.54. The quantitative estimate of drug-likeness (QED) is 0.414. The zero-order valence-corrected chi connectivity index (χ0v) is 10.1. The molecule has 0 aliphatic carbocycles. The number of halogens is 3. The first-order valence-corrected chi connectivity index (χ1v) is 5.48. The molecule has 1 atom stereocenters. The molecule has 0 saturated carbocycles. The number of hydrogen-bond donors (Lipinski definition) is 0. The Balaban J connectivity index is 3.81. The van der Waals surface area contributed by atoms with Gasteiger partial charge in [-0.1, -0.05) is 57.6 Å². The Labute approximate surface area is 89.2 Å². The van der Waals surface area contributed by atoms with Crippen molar-refractivity contribution in [3.05, 3.63) is 22.7 Å². The second kappa shape index (κ2) is 7.28. The van der Waals surface area contributed by atoms with Gasteiger partial charge in [0.15, 0.2) is 0 Å². The molecule has 0 fully saturated rings. The molecule has 0 bridgehead atoms. The Morgan fingerprint density at radius 3 is 2.82 bits per heavy atom. The van der Waals surface area contributed by atoms with E-state index in [4.69, 9.17) is 0 Å². The minimum Gasteiger partial charge on any atom is -0.247 e. The summed E-state index contributed by atoms with van der Waals surface area (Å²) in [6, 6.07) is 0. The maximum Gasteiger partial charge on any atom is 0.109 e. The van der Waals surface area contributed by atoms with Crippen molar-refractivity contribution in [1.29, 1.82) is 0 Å². The summed E-state index contributed by atoms with van der Waals surface area (Å²) in [4.78, 5) is 0. The van der Waals surface area contributed by atoms with Gasteiger partial charge in [-0.05, 0) is 12.5 Å². The van der Waals surface area contributed by atoms with E-state index in [9.17, 15) is 4.39 Å². The third-order valence-corrected chi connectivity index (χ3v) is 3.01. The van der Waals surface area contributed by atoms with Crippen LogP contribution in [0.4, 0.5) is 4.39 Å². The zero-order chi connectivity index (χ0) is 8.69. The van der Waals surface area contributed by atoms with E-state index >= 15 is 0 Å². The monoisotopic (exact) mass is 332 g/mol. The Morgan fingerprint density at radius 1 is 1.73 bits per heavy atom. The summed E-state index contributed by atoms with van der Waals surface area (Å²) in [5.41, 5.74) is 0. The molecule has 1 unspecified atom stereocenters. The lowest BCUT2D eigenvalue weighted by molar-refractivity contribution is 0.561. The van der Waals surface area contributed by atoms with Gasteiger partial charge in [0, 0.05) is 8.41 Å². The molecule has 0 aromatic carbocycles. The third kappa shape index (κ3) is 7.00. The van der Waals surface area contributed by atoms with E-state index in [1.807, 2.05) is 6.08 Å². The highest BCUT2D eigenvalue weighted by atomic mass is 127. The number of hydrogen-bond acceptors (Lipinski definition) is 0. The van der Waals surface area contributed by atoms with Gasteiger partial charge in [-0.3, -0.25) is 0 Å². The summed E-state index contributed by atoms with van der Waals surface area (Å²) < 4.78 is 13.1. The summed E-state index contributed by atoms with van der Waals surface area (Å²) in [7, 11) is 0. The molecular formula is C8H11BrFI. The van der Waals surface area contributed by atoms with Crippen LogP contribution in [-0.4, -0.2) is 10.6 Å². The van der Waals surface area contributed by atoms with Crippen LogP contribution in [0.15, 0.2) is 22.7 Å². The van der Waals surface area contributed by atoms with Crippen LogP contribution in [0.1, 0.15) is 13.3 Å². The molecule has 3 heteroatoms. The lowest BCUT2D eigenvalue weighted by Crippen LogP contribution is -1.86. The molecule has 64 valence electrons. The van der Waals surface area contributed by atoms with Crippen LogP contribution in [0.2, 0.25) is 0 Å². The molecule has 11 heavy (non-hydrogen) atoms. The van der Waals surface area contributed by atoms with Crippen LogP contribution in [0.25, 0.3) is 0 Å². The molecule has 0 nitrogen and oxygen atoms in total. The predicted octanol–water partition coefficient (Wildman–Crippen LogP) is 4.00. The number of allylic oxidation sites excluding steroid dienone is 4. The van der Waals surface area contributed by atoms with Crippen molar-refractivity contribution < 1.29 is 4.39 Å². The van der Waals surface area contributed by atoms with E-state index in [0.29, 0.717) is 3.92 Å². The summed E-state index contributed by atoms with van der Waals surface area (Å²) in [5, 5.41) is 0. The Hall–Kier alpha value is 0.620. The number of rotatable bonds is 4. The molecule has 0 aliphatic rings. The molecule has 0 radical (unpaired) electrons. The van der Waals surface area contributed by atoms with Gasteiger partial charge in [-0.25, -0.2) is 4.39 Å². The molecule has 0 spiro atoms. The average Bonchev–Trinajstić information content (AvgIpc) is 2.01. The van der Waals surface area contributed by atoms with Crippen molar-refractivity contribution in [3.8, 4) is 0 Å². The van der Waals surface area contributed by atoms with Crippen molar-refractivity contribution in [2.45, 2.75) is 17.3 Å². The molecule has 0 N–H and O–H groups in total. The van der Waals surface area contributed by atoms with Gasteiger partial charge in [-0.2, -0.15) is 0 Å². The van der Waals surface area contributed by atoms with Crippen LogP contribution in [-0.2, 0) is 0 Å². The SMILES string of the molecule is CCC(I)/C=C\C(Br)=C/CF. The molecule has 0 saturated heterocycles. The summed E-state index contributed by atoms with van der Waals surface area (Å²) in [6.45, 7) is 1.71. The average molecular weight is 333 g/mol. The van der Waals surface area contributed by atoms with Crippen LogP contribution in [0, 0.1) is 0 Å². The van der Waals surface area contributed by atoms with E-state index in [-0.39, 0.29) is 0 Å². The summed E-state index contributed by atoms with van der Waals surface area (Å²) in [5.74, 6) is 0. The van der Waals surface area contributed by atoms with Crippen molar-refractivity contribution in [2.75, 3.05) is 6.67 Å². The maximum atomic E-state index is 11.7. The minimum atomic E-state index is -0.414. The first kappa shape index (κ1) is 11.6. The third-order valence-electron chi connectivity index (χ3n) is 1.13. The lowest BCUT2D eigenvalue weighted by Gasteiger charge is -1.96. The first-order chi connectivity index (χ1) is 5.20. The van der Waals surface area contributed by atoms with Crippen LogP contribution < -0.4 is 0 Å². The van der Waals surface area contributed by atoms with Crippen molar-refractivity contribution >= 4 is 38.5 Å². The Kier molecular flexibility index (Phi) is 7.69. The number of alkyl halides is 2. The maximum absolute atomic E-state index is 11.7. The topological polar surface area (TPSA) is 0 Å².